The van der Waals surface area contributed by atoms with Crippen LogP contribution < -0.4 is 0 Å². The summed E-state index contributed by atoms with van der Waals surface area (Å²) in [6.07, 6.45) is 1.90. The summed E-state index contributed by atoms with van der Waals surface area (Å²) >= 11 is 0. The number of nitriles is 1. The van der Waals surface area contributed by atoms with E-state index in [1.165, 1.54) is 0 Å². The molecule has 4 aromatic rings. The van der Waals surface area contributed by atoms with Crippen molar-refractivity contribution < 1.29 is 4.42 Å². The fourth-order valence-corrected chi connectivity index (χ4v) is 2.63. The molecule has 2 heterocycles. The molecule has 2 aromatic carbocycles. The molecule has 110 valence electrons. The Hall–Kier alpha value is -3.32. The van der Waals surface area contributed by atoms with Crippen LogP contribution in [0.2, 0.25) is 0 Å². The van der Waals surface area contributed by atoms with Gasteiger partial charge in [-0.15, -0.1) is 0 Å². The summed E-state index contributed by atoms with van der Waals surface area (Å²) in [4.78, 5) is 0. The van der Waals surface area contributed by atoms with E-state index in [-0.39, 0.29) is 0 Å². The van der Waals surface area contributed by atoms with Crippen LogP contribution >= 0.6 is 0 Å². The zero-order valence-corrected chi connectivity index (χ0v) is 12.3. The van der Waals surface area contributed by atoms with Crippen LogP contribution in [0, 0.1) is 11.3 Å². The number of hydrogen-bond donors (Lipinski definition) is 0. The molecule has 0 spiro atoms. The Morgan fingerprint density at radius 1 is 1.04 bits per heavy atom. The fourth-order valence-electron chi connectivity index (χ4n) is 2.63. The summed E-state index contributed by atoms with van der Waals surface area (Å²) in [5.74, 6) is 0.749. The topological polar surface area (TPSA) is 54.8 Å². The van der Waals surface area contributed by atoms with Gasteiger partial charge in [-0.2, -0.15) is 10.4 Å². The molecule has 0 saturated carbocycles. The molecule has 0 fully saturated rings. The first-order valence-corrected chi connectivity index (χ1v) is 7.34. The van der Waals surface area contributed by atoms with Crippen molar-refractivity contribution in [1.29, 1.82) is 5.26 Å². The number of benzene rings is 2. The van der Waals surface area contributed by atoms with Crippen LogP contribution in [-0.2, 0) is 6.54 Å². The molecule has 0 atom stereocenters. The Morgan fingerprint density at radius 2 is 1.87 bits per heavy atom. The van der Waals surface area contributed by atoms with Gasteiger partial charge in [-0.05, 0) is 29.8 Å². The Balaban J connectivity index is 1.65. The van der Waals surface area contributed by atoms with Gasteiger partial charge in [0.15, 0.2) is 5.76 Å². The number of nitrogens with zero attached hydrogens (tertiary/aromatic N) is 3. The number of aromatic nitrogens is 2. The molecule has 2 aromatic heterocycles. The molecule has 0 aliphatic rings. The third kappa shape index (κ3) is 2.49. The summed E-state index contributed by atoms with van der Waals surface area (Å²) in [6.45, 7) is 0.559. The van der Waals surface area contributed by atoms with Gasteiger partial charge < -0.3 is 4.42 Å². The van der Waals surface area contributed by atoms with Gasteiger partial charge in [-0.1, -0.05) is 36.4 Å². The molecule has 0 bridgehead atoms. The highest BCUT2D eigenvalue weighted by atomic mass is 16.3. The second-order valence-electron chi connectivity index (χ2n) is 5.32. The SMILES string of the molecule is N#Cc1ccccc1Cn1ccc(-c2cc3ccccc3o2)n1. The van der Waals surface area contributed by atoms with Gasteiger partial charge in [-0.3, -0.25) is 4.68 Å². The van der Waals surface area contributed by atoms with E-state index in [1.807, 2.05) is 71.5 Å². The largest absolute Gasteiger partial charge is 0.454 e. The van der Waals surface area contributed by atoms with Crippen LogP contribution in [0.1, 0.15) is 11.1 Å². The van der Waals surface area contributed by atoms with Crippen molar-refractivity contribution >= 4 is 11.0 Å². The molecule has 0 unspecified atom stereocenters. The molecule has 0 N–H and O–H groups in total. The standard InChI is InChI=1S/C19H13N3O/c20-12-15-6-1-2-7-16(15)13-22-10-9-17(21-22)19-11-14-5-3-4-8-18(14)23-19/h1-11H,13H2. The highest BCUT2D eigenvalue weighted by Gasteiger charge is 2.10. The second kappa shape index (κ2) is 5.47. The smallest absolute Gasteiger partial charge is 0.155 e. The first-order valence-electron chi connectivity index (χ1n) is 7.34. The molecular weight excluding hydrogens is 286 g/mol. The fraction of sp³-hybridized carbons (Fsp3) is 0.0526. The van der Waals surface area contributed by atoms with E-state index >= 15 is 0 Å². The van der Waals surface area contributed by atoms with E-state index in [9.17, 15) is 0 Å². The van der Waals surface area contributed by atoms with Crippen molar-refractivity contribution in [2.75, 3.05) is 0 Å². The van der Waals surface area contributed by atoms with Crippen LogP contribution in [0.3, 0.4) is 0 Å². The van der Waals surface area contributed by atoms with E-state index in [0.29, 0.717) is 12.1 Å². The monoisotopic (exact) mass is 299 g/mol. The van der Waals surface area contributed by atoms with E-state index in [4.69, 9.17) is 9.68 Å². The Kier molecular flexibility index (Phi) is 3.17. The molecule has 0 aliphatic heterocycles. The zero-order valence-electron chi connectivity index (χ0n) is 12.3. The average Bonchev–Trinajstić information content (AvgIpc) is 3.21. The highest BCUT2D eigenvalue weighted by Crippen LogP contribution is 2.26. The van der Waals surface area contributed by atoms with E-state index < -0.39 is 0 Å². The van der Waals surface area contributed by atoms with E-state index in [1.54, 1.807) is 0 Å². The number of para-hydroxylation sites is 1. The van der Waals surface area contributed by atoms with Crippen molar-refractivity contribution in [1.82, 2.24) is 9.78 Å². The van der Waals surface area contributed by atoms with Crippen LogP contribution in [0.15, 0.2) is 71.3 Å². The summed E-state index contributed by atoms with van der Waals surface area (Å²) in [6, 6.07) is 21.6. The molecule has 0 radical (unpaired) electrons. The summed E-state index contributed by atoms with van der Waals surface area (Å²) in [5, 5.41) is 14.8. The maximum absolute atomic E-state index is 9.17. The quantitative estimate of drug-likeness (QED) is 0.569. The summed E-state index contributed by atoms with van der Waals surface area (Å²) < 4.78 is 7.65. The van der Waals surface area contributed by atoms with Gasteiger partial charge in [0, 0.05) is 11.6 Å². The van der Waals surface area contributed by atoms with Crippen molar-refractivity contribution in [2.24, 2.45) is 0 Å². The van der Waals surface area contributed by atoms with Crippen LogP contribution in [0.4, 0.5) is 0 Å². The van der Waals surface area contributed by atoms with Gasteiger partial charge in [0.05, 0.1) is 18.2 Å². The van der Waals surface area contributed by atoms with Crippen LogP contribution in [-0.4, -0.2) is 9.78 Å². The Labute approximate surface area is 133 Å². The summed E-state index contributed by atoms with van der Waals surface area (Å²) in [7, 11) is 0. The van der Waals surface area contributed by atoms with E-state index in [2.05, 4.69) is 11.2 Å². The van der Waals surface area contributed by atoms with Gasteiger partial charge >= 0.3 is 0 Å². The molecule has 23 heavy (non-hydrogen) atoms. The average molecular weight is 299 g/mol. The van der Waals surface area contributed by atoms with Crippen molar-refractivity contribution in [3.05, 3.63) is 78.0 Å². The molecule has 0 saturated heterocycles. The minimum Gasteiger partial charge on any atom is -0.454 e. The van der Waals surface area contributed by atoms with Crippen molar-refractivity contribution in [3.63, 3.8) is 0 Å². The minimum atomic E-state index is 0.559. The van der Waals surface area contributed by atoms with Gasteiger partial charge in [-0.25, -0.2) is 0 Å². The van der Waals surface area contributed by atoms with Crippen LogP contribution in [0.25, 0.3) is 22.4 Å². The maximum Gasteiger partial charge on any atom is 0.155 e. The molecule has 4 heteroatoms. The third-order valence-corrected chi connectivity index (χ3v) is 3.79. The maximum atomic E-state index is 9.17. The van der Waals surface area contributed by atoms with Gasteiger partial charge in [0.1, 0.15) is 11.3 Å². The molecule has 4 nitrogen and oxygen atoms in total. The molecule has 4 rings (SSSR count). The normalized spacial score (nSPS) is 10.7. The van der Waals surface area contributed by atoms with E-state index in [0.717, 1.165) is 28.0 Å². The van der Waals surface area contributed by atoms with Gasteiger partial charge in [0.2, 0.25) is 0 Å². The highest BCUT2D eigenvalue weighted by molar-refractivity contribution is 5.81. The lowest BCUT2D eigenvalue weighted by Gasteiger charge is -2.03. The van der Waals surface area contributed by atoms with Crippen molar-refractivity contribution in [3.8, 4) is 17.5 Å². The van der Waals surface area contributed by atoms with Crippen LogP contribution in [0.5, 0.6) is 0 Å². The predicted molar refractivity (Wildman–Crippen MR) is 87.7 cm³/mol. The second-order valence-corrected chi connectivity index (χ2v) is 5.32. The molecule has 0 aliphatic carbocycles. The number of furan rings is 1. The van der Waals surface area contributed by atoms with Gasteiger partial charge in [0.25, 0.3) is 0 Å². The zero-order chi connectivity index (χ0) is 15.6. The third-order valence-electron chi connectivity index (χ3n) is 3.79. The Bertz CT molecular complexity index is 987. The lowest BCUT2D eigenvalue weighted by molar-refractivity contribution is 0.621. The minimum absolute atomic E-state index is 0.559. The lowest BCUT2D eigenvalue weighted by atomic mass is 10.1. The lowest BCUT2D eigenvalue weighted by Crippen LogP contribution is -2.02. The molecular formula is C19H13N3O. The number of rotatable bonds is 3. The summed E-state index contributed by atoms with van der Waals surface area (Å²) in [5.41, 5.74) is 3.27. The predicted octanol–water partition coefficient (Wildman–Crippen LogP) is 4.22. The first-order chi connectivity index (χ1) is 11.3. The number of fused-ring (bicyclic) bond motifs is 1. The van der Waals surface area contributed by atoms with Crippen molar-refractivity contribution in [2.45, 2.75) is 6.54 Å². The molecule has 0 amide bonds. The Morgan fingerprint density at radius 3 is 2.74 bits per heavy atom. The first kappa shape index (κ1) is 13.4. The number of hydrogen-bond acceptors (Lipinski definition) is 3.